The molecule has 0 aliphatic heterocycles. The number of urea groups is 1. The second-order valence-electron chi connectivity index (χ2n) is 4.05. The van der Waals surface area contributed by atoms with Crippen molar-refractivity contribution < 1.29 is 29.0 Å². The summed E-state index contributed by atoms with van der Waals surface area (Å²) in [5, 5.41) is 21.7. The van der Waals surface area contributed by atoms with Gasteiger partial charge in [-0.05, 0) is 24.6 Å². The van der Waals surface area contributed by atoms with E-state index in [9.17, 15) is 18.8 Å². The van der Waals surface area contributed by atoms with Crippen molar-refractivity contribution in [3.63, 3.8) is 0 Å². The first-order valence-electron chi connectivity index (χ1n) is 5.76. The van der Waals surface area contributed by atoms with Gasteiger partial charge in [0.1, 0.15) is 11.9 Å². The highest BCUT2D eigenvalue weighted by Crippen LogP contribution is 2.19. The SMILES string of the molecule is O=C(O)CCC(NC(=O)Nc1cc(Cl)ccc1F)C(=O)O. The molecule has 21 heavy (non-hydrogen) atoms. The summed E-state index contributed by atoms with van der Waals surface area (Å²) in [7, 11) is 0. The van der Waals surface area contributed by atoms with Crippen LogP contribution in [0.25, 0.3) is 0 Å². The number of carbonyl (C=O) groups excluding carboxylic acids is 1. The van der Waals surface area contributed by atoms with E-state index < -0.39 is 36.2 Å². The number of hydrogen-bond donors (Lipinski definition) is 4. The summed E-state index contributed by atoms with van der Waals surface area (Å²) in [5.74, 6) is -3.32. The van der Waals surface area contributed by atoms with Crippen LogP contribution in [-0.2, 0) is 9.59 Å². The largest absolute Gasteiger partial charge is 0.481 e. The Hall–Kier alpha value is -2.35. The van der Waals surface area contributed by atoms with Crippen LogP contribution in [-0.4, -0.2) is 34.2 Å². The molecule has 0 spiro atoms. The summed E-state index contributed by atoms with van der Waals surface area (Å²) in [4.78, 5) is 32.9. The van der Waals surface area contributed by atoms with Gasteiger partial charge >= 0.3 is 18.0 Å². The molecular weight excluding hydrogens is 307 g/mol. The summed E-state index contributed by atoms with van der Waals surface area (Å²) in [5.41, 5.74) is -0.220. The van der Waals surface area contributed by atoms with E-state index in [2.05, 4.69) is 5.32 Å². The molecule has 1 aromatic rings. The van der Waals surface area contributed by atoms with Gasteiger partial charge in [-0.3, -0.25) is 4.79 Å². The average molecular weight is 319 g/mol. The Morgan fingerprint density at radius 1 is 1.29 bits per heavy atom. The number of carboxylic acid groups (broad SMARTS) is 2. The quantitative estimate of drug-likeness (QED) is 0.639. The maximum absolute atomic E-state index is 13.4. The fourth-order valence-electron chi connectivity index (χ4n) is 1.44. The minimum Gasteiger partial charge on any atom is -0.481 e. The molecule has 9 heteroatoms. The van der Waals surface area contributed by atoms with E-state index in [0.29, 0.717) is 0 Å². The van der Waals surface area contributed by atoms with E-state index in [-0.39, 0.29) is 17.1 Å². The Kier molecular flexibility index (Phi) is 5.92. The number of aliphatic carboxylic acids is 2. The first kappa shape index (κ1) is 16.7. The molecule has 1 aromatic carbocycles. The lowest BCUT2D eigenvalue weighted by Gasteiger charge is -2.14. The molecule has 0 saturated heterocycles. The topological polar surface area (TPSA) is 116 Å². The molecule has 114 valence electrons. The maximum Gasteiger partial charge on any atom is 0.326 e. The number of carbonyl (C=O) groups is 3. The van der Waals surface area contributed by atoms with Crippen LogP contribution in [0, 0.1) is 5.82 Å². The van der Waals surface area contributed by atoms with Gasteiger partial charge in [-0.25, -0.2) is 14.0 Å². The van der Waals surface area contributed by atoms with Crippen LogP contribution in [0.15, 0.2) is 18.2 Å². The molecule has 1 unspecified atom stereocenters. The normalized spacial score (nSPS) is 11.5. The van der Waals surface area contributed by atoms with Gasteiger partial charge < -0.3 is 20.8 Å². The molecule has 7 nitrogen and oxygen atoms in total. The fraction of sp³-hybridized carbons (Fsp3) is 0.250. The Balaban J connectivity index is 2.67. The highest BCUT2D eigenvalue weighted by atomic mass is 35.5. The summed E-state index contributed by atoms with van der Waals surface area (Å²) >= 11 is 5.64. The second kappa shape index (κ2) is 7.44. The predicted molar refractivity (Wildman–Crippen MR) is 71.9 cm³/mol. The number of halogens is 2. The highest BCUT2D eigenvalue weighted by molar-refractivity contribution is 6.30. The molecule has 2 amide bonds. The predicted octanol–water partition coefficient (Wildman–Crippen LogP) is 1.92. The second-order valence-corrected chi connectivity index (χ2v) is 4.48. The number of anilines is 1. The lowest BCUT2D eigenvalue weighted by Crippen LogP contribution is -2.43. The minimum atomic E-state index is -1.40. The van der Waals surface area contributed by atoms with Crippen LogP contribution in [0.2, 0.25) is 5.02 Å². The fourth-order valence-corrected chi connectivity index (χ4v) is 1.61. The van der Waals surface area contributed by atoms with Gasteiger partial charge in [0.2, 0.25) is 0 Å². The van der Waals surface area contributed by atoms with Crippen LogP contribution in [0.5, 0.6) is 0 Å². The third-order valence-electron chi connectivity index (χ3n) is 2.43. The zero-order chi connectivity index (χ0) is 16.0. The monoisotopic (exact) mass is 318 g/mol. The number of carboxylic acids is 2. The van der Waals surface area contributed by atoms with Crippen molar-refractivity contribution in [3.8, 4) is 0 Å². The van der Waals surface area contributed by atoms with Gasteiger partial charge in [0.05, 0.1) is 5.69 Å². The third-order valence-corrected chi connectivity index (χ3v) is 2.66. The molecule has 0 aromatic heterocycles. The van der Waals surface area contributed by atoms with Gasteiger partial charge in [-0.2, -0.15) is 0 Å². The Morgan fingerprint density at radius 3 is 2.52 bits per heavy atom. The highest BCUT2D eigenvalue weighted by Gasteiger charge is 2.21. The third kappa shape index (κ3) is 5.65. The van der Waals surface area contributed by atoms with Gasteiger partial charge in [0.25, 0.3) is 0 Å². The lowest BCUT2D eigenvalue weighted by molar-refractivity contribution is -0.140. The van der Waals surface area contributed by atoms with Crippen molar-refractivity contribution in [3.05, 3.63) is 29.0 Å². The maximum atomic E-state index is 13.4. The van der Waals surface area contributed by atoms with Gasteiger partial charge in [-0.1, -0.05) is 11.6 Å². The average Bonchev–Trinajstić information content (AvgIpc) is 2.38. The van der Waals surface area contributed by atoms with Gasteiger partial charge in [-0.15, -0.1) is 0 Å². The number of hydrogen-bond acceptors (Lipinski definition) is 3. The zero-order valence-electron chi connectivity index (χ0n) is 10.6. The number of amides is 2. The first-order valence-corrected chi connectivity index (χ1v) is 6.14. The number of benzene rings is 1. The molecule has 0 aliphatic carbocycles. The Bertz CT molecular complexity index is 567. The lowest BCUT2D eigenvalue weighted by atomic mass is 10.1. The number of nitrogens with one attached hydrogen (secondary N) is 2. The summed E-state index contributed by atoms with van der Waals surface area (Å²) in [6.07, 6.45) is -0.723. The molecule has 1 rings (SSSR count). The van der Waals surface area contributed by atoms with Crippen molar-refractivity contribution in [2.45, 2.75) is 18.9 Å². The van der Waals surface area contributed by atoms with Gasteiger partial charge in [0.15, 0.2) is 0 Å². The summed E-state index contributed by atoms with van der Waals surface area (Å²) in [6.45, 7) is 0. The first-order chi connectivity index (χ1) is 9.79. The molecule has 0 aliphatic rings. The number of rotatable bonds is 6. The van der Waals surface area contributed by atoms with Crippen LogP contribution >= 0.6 is 11.6 Å². The minimum absolute atomic E-state index is 0.187. The van der Waals surface area contributed by atoms with Gasteiger partial charge in [0, 0.05) is 11.4 Å². The van der Waals surface area contributed by atoms with Crippen LogP contribution in [0.4, 0.5) is 14.9 Å². The molecule has 1 atom stereocenters. The summed E-state index contributed by atoms with van der Waals surface area (Å²) < 4.78 is 13.4. The summed E-state index contributed by atoms with van der Waals surface area (Å²) in [6, 6.07) is 1.10. The molecule has 0 radical (unpaired) electrons. The molecular formula is C12H12ClFN2O5. The van der Waals surface area contributed by atoms with Crippen molar-refractivity contribution in [1.29, 1.82) is 0 Å². The van der Waals surface area contributed by atoms with Crippen LogP contribution < -0.4 is 10.6 Å². The standard InChI is InChI=1S/C12H12ClFN2O5/c13-6-1-2-7(14)9(5-6)16-12(21)15-8(11(19)20)3-4-10(17)18/h1-2,5,8H,3-4H2,(H,17,18)(H,19,20)(H2,15,16,21). The Labute approximate surface area is 123 Å². The molecule has 4 N–H and O–H groups in total. The van der Waals surface area contributed by atoms with Crippen molar-refractivity contribution in [1.82, 2.24) is 5.32 Å². The van der Waals surface area contributed by atoms with E-state index in [1.807, 2.05) is 5.32 Å². The molecule has 0 fully saturated rings. The molecule has 0 bridgehead atoms. The molecule has 0 saturated carbocycles. The van der Waals surface area contributed by atoms with Crippen molar-refractivity contribution in [2.24, 2.45) is 0 Å². The van der Waals surface area contributed by atoms with Crippen molar-refractivity contribution in [2.75, 3.05) is 5.32 Å². The van der Waals surface area contributed by atoms with Crippen molar-refractivity contribution >= 4 is 35.3 Å². The zero-order valence-corrected chi connectivity index (χ0v) is 11.4. The van der Waals surface area contributed by atoms with Crippen LogP contribution in [0.3, 0.4) is 0 Å². The van der Waals surface area contributed by atoms with E-state index >= 15 is 0 Å². The Morgan fingerprint density at radius 2 is 1.95 bits per heavy atom. The van der Waals surface area contributed by atoms with E-state index in [0.717, 1.165) is 12.1 Å². The van der Waals surface area contributed by atoms with E-state index in [1.54, 1.807) is 0 Å². The smallest absolute Gasteiger partial charge is 0.326 e. The van der Waals surface area contributed by atoms with E-state index in [1.165, 1.54) is 6.07 Å². The molecule has 0 heterocycles. The van der Waals surface area contributed by atoms with Crippen LogP contribution in [0.1, 0.15) is 12.8 Å². The van der Waals surface area contributed by atoms with E-state index in [4.69, 9.17) is 21.8 Å².